The van der Waals surface area contributed by atoms with Gasteiger partial charge in [-0.3, -0.25) is 9.69 Å². The Balaban J connectivity index is 2.06. The number of hydrogen-bond donors (Lipinski definition) is 1. The van der Waals surface area contributed by atoms with Crippen molar-refractivity contribution in [1.82, 2.24) is 4.90 Å². The fourth-order valence-corrected chi connectivity index (χ4v) is 2.39. The zero-order chi connectivity index (χ0) is 16.7. The van der Waals surface area contributed by atoms with Crippen LogP contribution in [0.25, 0.3) is 0 Å². The van der Waals surface area contributed by atoms with Crippen molar-refractivity contribution in [2.45, 2.75) is 19.4 Å². The third kappa shape index (κ3) is 5.75. The van der Waals surface area contributed by atoms with Crippen molar-refractivity contribution in [3.8, 4) is 5.75 Å². The van der Waals surface area contributed by atoms with Crippen LogP contribution in [0.15, 0.2) is 54.6 Å². The van der Waals surface area contributed by atoms with Crippen molar-refractivity contribution in [1.29, 1.82) is 0 Å². The van der Waals surface area contributed by atoms with Crippen LogP contribution < -0.4 is 4.74 Å². The fourth-order valence-electron chi connectivity index (χ4n) is 2.39. The summed E-state index contributed by atoms with van der Waals surface area (Å²) in [5, 5.41) is 8.85. The Morgan fingerprint density at radius 1 is 1.13 bits per heavy atom. The predicted molar refractivity (Wildman–Crippen MR) is 90.7 cm³/mol. The van der Waals surface area contributed by atoms with Crippen molar-refractivity contribution in [3.63, 3.8) is 0 Å². The third-order valence-electron chi connectivity index (χ3n) is 3.65. The maximum Gasteiger partial charge on any atom is 0.317 e. The molecule has 0 radical (unpaired) electrons. The lowest BCUT2D eigenvalue weighted by Crippen LogP contribution is -2.28. The highest BCUT2D eigenvalue weighted by atomic mass is 16.5. The first-order valence-electron chi connectivity index (χ1n) is 7.73. The maximum atomic E-state index is 10.8. The lowest BCUT2D eigenvalue weighted by Gasteiger charge is -2.22. The molecule has 0 aliphatic heterocycles. The molecule has 4 heteroatoms. The summed E-state index contributed by atoms with van der Waals surface area (Å²) in [5.74, 6) is 0.00792. The van der Waals surface area contributed by atoms with Gasteiger partial charge in [-0.2, -0.15) is 0 Å². The van der Waals surface area contributed by atoms with Crippen LogP contribution >= 0.6 is 0 Å². The van der Waals surface area contributed by atoms with Crippen LogP contribution in [-0.4, -0.2) is 36.1 Å². The monoisotopic (exact) mass is 313 g/mol. The number of aliphatic carboxylic acids is 1. The fraction of sp³-hybridized carbons (Fsp3) is 0.316. The number of hydrogen-bond acceptors (Lipinski definition) is 3. The van der Waals surface area contributed by atoms with Crippen molar-refractivity contribution in [2.75, 3.05) is 20.1 Å². The SMILES string of the molecule is Cc1ccc(O[C@H](CCN(C)CC(=O)O)c2ccccc2)cc1. The first-order valence-corrected chi connectivity index (χ1v) is 7.73. The van der Waals surface area contributed by atoms with Crippen molar-refractivity contribution < 1.29 is 14.6 Å². The Bertz CT molecular complexity index is 610. The second kappa shape index (κ2) is 8.34. The van der Waals surface area contributed by atoms with E-state index < -0.39 is 5.97 Å². The van der Waals surface area contributed by atoms with Gasteiger partial charge in [-0.15, -0.1) is 0 Å². The first kappa shape index (κ1) is 17.0. The van der Waals surface area contributed by atoms with Gasteiger partial charge < -0.3 is 9.84 Å². The van der Waals surface area contributed by atoms with E-state index in [0.29, 0.717) is 6.54 Å². The van der Waals surface area contributed by atoms with E-state index in [9.17, 15) is 4.79 Å². The highest BCUT2D eigenvalue weighted by Crippen LogP contribution is 2.25. The molecule has 1 N–H and O–H groups in total. The molecule has 0 fully saturated rings. The topological polar surface area (TPSA) is 49.8 Å². The maximum absolute atomic E-state index is 10.8. The molecule has 0 aliphatic carbocycles. The number of carboxylic acid groups (broad SMARTS) is 1. The Labute approximate surface area is 137 Å². The van der Waals surface area contributed by atoms with Gasteiger partial charge in [0.2, 0.25) is 0 Å². The van der Waals surface area contributed by atoms with Gasteiger partial charge in [0, 0.05) is 13.0 Å². The van der Waals surface area contributed by atoms with E-state index in [4.69, 9.17) is 9.84 Å². The van der Waals surface area contributed by atoms with E-state index >= 15 is 0 Å². The smallest absolute Gasteiger partial charge is 0.317 e. The summed E-state index contributed by atoms with van der Waals surface area (Å²) in [6.07, 6.45) is 0.622. The molecule has 0 unspecified atom stereocenters. The Kier molecular flexibility index (Phi) is 6.18. The van der Waals surface area contributed by atoms with Crippen LogP contribution in [0.3, 0.4) is 0 Å². The van der Waals surface area contributed by atoms with Crippen molar-refractivity contribution >= 4 is 5.97 Å². The summed E-state index contributed by atoms with van der Waals surface area (Å²) in [5.41, 5.74) is 2.28. The minimum Gasteiger partial charge on any atom is -0.486 e. The quantitative estimate of drug-likeness (QED) is 0.810. The summed E-state index contributed by atoms with van der Waals surface area (Å²) in [6, 6.07) is 18.0. The van der Waals surface area contributed by atoms with Crippen molar-refractivity contribution in [2.24, 2.45) is 0 Å². The lowest BCUT2D eigenvalue weighted by molar-refractivity contribution is -0.138. The first-order chi connectivity index (χ1) is 11.0. The number of carboxylic acids is 1. The average molecular weight is 313 g/mol. The van der Waals surface area contributed by atoms with Crippen molar-refractivity contribution in [3.05, 3.63) is 65.7 Å². The van der Waals surface area contributed by atoms with Crippen LogP contribution in [0.4, 0.5) is 0 Å². The van der Waals surface area contributed by atoms with Crippen LogP contribution in [0.1, 0.15) is 23.7 Å². The highest BCUT2D eigenvalue weighted by molar-refractivity contribution is 5.68. The number of nitrogens with zero attached hydrogens (tertiary/aromatic N) is 1. The minimum absolute atomic E-state index is 0.0338. The lowest BCUT2D eigenvalue weighted by atomic mass is 10.1. The molecule has 0 saturated heterocycles. The van der Waals surface area contributed by atoms with Gasteiger partial charge in [-0.05, 0) is 31.7 Å². The number of rotatable bonds is 8. The number of aryl methyl sites for hydroxylation is 1. The average Bonchev–Trinajstić information content (AvgIpc) is 2.53. The van der Waals surface area contributed by atoms with Gasteiger partial charge in [-0.1, -0.05) is 48.0 Å². The molecule has 2 aromatic rings. The Morgan fingerprint density at radius 3 is 2.39 bits per heavy atom. The number of carbonyl (C=O) groups is 1. The molecule has 0 saturated carbocycles. The highest BCUT2D eigenvalue weighted by Gasteiger charge is 2.15. The second-order valence-electron chi connectivity index (χ2n) is 5.75. The molecule has 0 aromatic heterocycles. The summed E-state index contributed by atoms with van der Waals surface area (Å²) in [6.45, 7) is 2.73. The summed E-state index contributed by atoms with van der Waals surface area (Å²) >= 11 is 0. The Morgan fingerprint density at radius 2 is 1.78 bits per heavy atom. The van der Waals surface area contributed by atoms with E-state index in [1.54, 1.807) is 4.90 Å². The number of benzene rings is 2. The van der Waals surface area contributed by atoms with Gasteiger partial charge >= 0.3 is 5.97 Å². The normalized spacial score (nSPS) is 12.1. The minimum atomic E-state index is -0.816. The Hall–Kier alpha value is -2.33. The molecule has 1 atom stereocenters. The summed E-state index contributed by atoms with van der Waals surface area (Å²) in [7, 11) is 1.81. The molecule has 122 valence electrons. The van der Waals surface area contributed by atoms with E-state index in [-0.39, 0.29) is 12.6 Å². The molecule has 4 nitrogen and oxygen atoms in total. The predicted octanol–water partition coefficient (Wildman–Crippen LogP) is 3.52. The van der Waals surface area contributed by atoms with E-state index in [0.717, 1.165) is 17.7 Å². The molecule has 0 amide bonds. The van der Waals surface area contributed by atoms with Gasteiger partial charge in [0.25, 0.3) is 0 Å². The standard InChI is InChI=1S/C19H23NO3/c1-15-8-10-17(11-9-15)23-18(16-6-4-3-5-7-16)12-13-20(2)14-19(21)22/h3-11,18H,12-14H2,1-2H3,(H,21,22)/t18-/m1/s1. The summed E-state index contributed by atoms with van der Waals surface area (Å²) < 4.78 is 6.14. The zero-order valence-electron chi connectivity index (χ0n) is 13.6. The van der Waals surface area contributed by atoms with E-state index in [1.165, 1.54) is 5.56 Å². The molecule has 2 aromatic carbocycles. The molecular weight excluding hydrogens is 290 g/mol. The zero-order valence-corrected chi connectivity index (χ0v) is 13.6. The molecule has 23 heavy (non-hydrogen) atoms. The van der Waals surface area contributed by atoms with Gasteiger partial charge in [0.15, 0.2) is 0 Å². The van der Waals surface area contributed by atoms with Gasteiger partial charge in [0.05, 0.1) is 6.54 Å². The number of ether oxygens (including phenoxy) is 1. The number of likely N-dealkylation sites (N-methyl/N-ethyl adjacent to an activating group) is 1. The second-order valence-corrected chi connectivity index (χ2v) is 5.75. The molecule has 0 bridgehead atoms. The molecule has 0 spiro atoms. The molecule has 0 aliphatic rings. The van der Waals surface area contributed by atoms with Crippen LogP contribution in [-0.2, 0) is 4.79 Å². The van der Waals surface area contributed by atoms with Crippen LogP contribution in [0.5, 0.6) is 5.75 Å². The molecular formula is C19H23NO3. The van der Waals surface area contributed by atoms with E-state index in [1.807, 2.05) is 68.6 Å². The summed E-state index contributed by atoms with van der Waals surface area (Å²) in [4.78, 5) is 12.6. The third-order valence-corrected chi connectivity index (χ3v) is 3.65. The van der Waals surface area contributed by atoms with E-state index in [2.05, 4.69) is 0 Å². The molecule has 0 heterocycles. The largest absolute Gasteiger partial charge is 0.486 e. The van der Waals surface area contributed by atoms with Gasteiger partial charge in [-0.25, -0.2) is 0 Å². The van der Waals surface area contributed by atoms with Crippen LogP contribution in [0.2, 0.25) is 0 Å². The van der Waals surface area contributed by atoms with Crippen LogP contribution in [0, 0.1) is 6.92 Å². The van der Waals surface area contributed by atoms with Gasteiger partial charge in [0.1, 0.15) is 11.9 Å². The molecule has 2 rings (SSSR count).